The number of rotatable bonds is 8. The number of benzene rings is 1. The van der Waals surface area contributed by atoms with Crippen molar-refractivity contribution in [3.05, 3.63) is 42.2 Å². The molecule has 1 saturated heterocycles. The zero-order chi connectivity index (χ0) is 19.8. The smallest absolute Gasteiger partial charge is 0.223 e. The molecule has 6 nitrogen and oxygen atoms in total. The molecule has 0 aliphatic carbocycles. The average Bonchev–Trinajstić information content (AvgIpc) is 2.72. The second-order valence-electron chi connectivity index (χ2n) is 7.00. The van der Waals surface area contributed by atoms with Crippen molar-refractivity contribution < 1.29 is 9.53 Å². The fourth-order valence-corrected chi connectivity index (χ4v) is 4.32. The van der Waals surface area contributed by atoms with Gasteiger partial charge in [-0.25, -0.2) is 9.97 Å². The molecule has 150 valence electrons. The van der Waals surface area contributed by atoms with Crippen LogP contribution in [0.15, 0.2) is 46.6 Å². The molecule has 0 radical (unpaired) electrons. The van der Waals surface area contributed by atoms with Gasteiger partial charge in [0.05, 0.1) is 0 Å². The van der Waals surface area contributed by atoms with E-state index in [0.717, 1.165) is 48.1 Å². The number of aryl methyl sites for hydroxylation is 1. The Hall–Kier alpha value is -2.12. The predicted molar refractivity (Wildman–Crippen MR) is 112 cm³/mol. The largest absolute Gasteiger partial charge is 0.385 e. The number of methoxy groups -OCH3 is 1. The lowest BCUT2D eigenvalue weighted by molar-refractivity contribution is -0.125. The van der Waals surface area contributed by atoms with Gasteiger partial charge in [0, 0.05) is 56.6 Å². The van der Waals surface area contributed by atoms with Crippen LogP contribution in [0.5, 0.6) is 0 Å². The van der Waals surface area contributed by atoms with Crippen LogP contribution in [0.2, 0.25) is 0 Å². The quantitative estimate of drug-likeness (QED) is 0.686. The molecule has 1 fully saturated rings. The lowest BCUT2D eigenvalue weighted by Gasteiger charge is -2.32. The monoisotopic (exact) mass is 400 g/mol. The number of ether oxygens (including phenoxy) is 1. The highest BCUT2D eigenvalue weighted by atomic mass is 32.2. The van der Waals surface area contributed by atoms with Crippen molar-refractivity contribution in [1.82, 2.24) is 15.3 Å². The third-order valence-electron chi connectivity index (χ3n) is 4.84. The molecule has 28 heavy (non-hydrogen) atoms. The van der Waals surface area contributed by atoms with Gasteiger partial charge >= 0.3 is 0 Å². The number of amides is 1. The zero-order valence-electron chi connectivity index (χ0n) is 16.6. The third kappa shape index (κ3) is 5.69. The Morgan fingerprint density at radius 3 is 2.82 bits per heavy atom. The number of hydrogen-bond donors (Lipinski definition) is 1. The van der Waals surface area contributed by atoms with Gasteiger partial charge in [0.25, 0.3) is 0 Å². The molecular weight excluding hydrogens is 372 g/mol. The van der Waals surface area contributed by atoms with Crippen molar-refractivity contribution in [2.24, 2.45) is 5.92 Å². The Labute approximate surface area is 171 Å². The number of nitrogens with one attached hydrogen (secondary N) is 1. The minimum Gasteiger partial charge on any atom is -0.385 e. The highest BCUT2D eigenvalue weighted by molar-refractivity contribution is 7.99. The van der Waals surface area contributed by atoms with Crippen LogP contribution in [-0.2, 0) is 9.53 Å². The topological polar surface area (TPSA) is 67.3 Å². The minimum atomic E-state index is 0.0725. The summed E-state index contributed by atoms with van der Waals surface area (Å²) >= 11 is 1.64. The molecule has 3 rings (SSSR count). The van der Waals surface area contributed by atoms with E-state index in [0.29, 0.717) is 13.2 Å². The summed E-state index contributed by atoms with van der Waals surface area (Å²) in [7, 11) is 1.68. The number of anilines is 1. The number of carbonyl (C=O) groups is 1. The maximum absolute atomic E-state index is 12.3. The Balaban J connectivity index is 1.58. The fraction of sp³-hybridized carbons (Fsp3) is 0.476. The van der Waals surface area contributed by atoms with Crippen LogP contribution in [0.1, 0.15) is 24.8 Å². The number of aromatic nitrogens is 2. The molecule has 0 atom stereocenters. The van der Waals surface area contributed by atoms with Gasteiger partial charge < -0.3 is 15.0 Å². The predicted octanol–water partition coefficient (Wildman–Crippen LogP) is 3.31. The van der Waals surface area contributed by atoms with Crippen LogP contribution < -0.4 is 10.2 Å². The van der Waals surface area contributed by atoms with Gasteiger partial charge in [-0.05, 0) is 38.3 Å². The van der Waals surface area contributed by atoms with Crippen LogP contribution in [-0.4, -0.2) is 49.2 Å². The first-order valence-electron chi connectivity index (χ1n) is 9.74. The van der Waals surface area contributed by atoms with Gasteiger partial charge in [-0.3, -0.25) is 4.79 Å². The summed E-state index contributed by atoms with van der Waals surface area (Å²) in [5, 5.41) is 3.93. The molecule has 1 N–H and O–H groups in total. The van der Waals surface area contributed by atoms with E-state index in [1.54, 1.807) is 31.3 Å². The number of piperidine rings is 1. The van der Waals surface area contributed by atoms with Crippen molar-refractivity contribution >= 4 is 23.5 Å². The van der Waals surface area contributed by atoms with Crippen molar-refractivity contribution in [3.63, 3.8) is 0 Å². The standard InChI is InChI=1S/C21H28N4O2S/c1-16-5-3-6-18(15-16)28-21-19(22-10-11-24-21)25-12-7-17(8-13-25)20(26)23-9-4-14-27-2/h3,5-6,10-11,15,17H,4,7-9,12-14H2,1-2H3,(H,23,26). The summed E-state index contributed by atoms with van der Waals surface area (Å²) in [6.45, 7) is 5.07. The van der Waals surface area contributed by atoms with E-state index in [1.165, 1.54) is 5.56 Å². The van der Waals surface area contributed by atoms with E-state index in [4.69, 9.17) is 4.74 Å². The first-order chi connectivity index (χ1) is 13.7. The molecule has 0 unspecified atom stereocenters. The summed E-state index contributed by atoms with van der Waals surface area (Å²) < 4.78 is 5.02. The van der Waals surface area contributed by atoms with Gasteiger partial charge in [-0.2, -0.15) is 0 Å². The fourth-order valence-electron chi connectivity index (χ4n) is 3.32. The molecule has 1 amide bonds. The van der Waals surface area contributed by atoms with Gasteiger partial charge in [-0.1, -0.05) is 29.5 Å². The molecule has 0 bridgehead atoms. The number of carbonyl (C=O) groups excluding carboxylic acids is 1. The SMILES string of the molecule is COCCCNC(=O)C1CCN(c2nccnc2Sc2cccc(C)c2)CC1. The van der Waals surface area contributed by atoms with Crippen molar-refractivity contribution in [3.8, 4) is 0 Å². The van der Waals surface area contributed by atoms with Gasteiger partial charge in [0.2, 0.25) is 5.91 Å². The molecule has 1 aromatic carbocycles. The molecule has 1 aromatic heterocycles. The highest BCUT2D eigenvalue weighted by Gasteiger charge is 2.26. The summed E-state index contributed by atoms with van der Waals surface area (Å²) in [5.74, 6) is 1.14. The Morgan fingerprint density at radius 1 is 1.29 bits per heavy atom. The van der Waals surface area contributed by atoms with E-state index in [1.807, 2.05) is 0 Å². The van der Waals surface area contributed by atoms with Crippen molar-refractivity contribution in [2.75, 3.05) is 38.3 Å². The minimum absolute atomic E-state index is 0.0725. The Kier molecular flexibility index (Phi) is 7.68. The highest BCUT2D eigenvalue weighted by Crippen LogP contribution is 2.34. The average molecular weight is 401 g/mol. The number of nitrogens with zero attached hydrogens (tertiary/aromatic N) is 3. The first-order valence-corrected chi connectivity index (χ1v) is 10.6. The molecule has 7 heteroatoms. The van der Waals surface area contributed by atoms with E-state index < -0.39 is 0 Å². The summed E-state index contributed by atoms with van der Waals surface area (Å²) in [6.07, 6.45) is 5.99. The van der Waals surface area contributed by atoms with E-state index in [-0.39, 0.29) is 11.8 Å². The van der Waals surface area contributed by atoms with Crippen LogP contribution in [0.25, 0.3) is 0 Å². The lowest BCUT2D eigenvalue weighted by Crippen LogP contribution is -2.41. The van der Waals surface area contributed by atoms with E-state index in [2.05, 4.69) is 51.4 Å². The molecule has 1 aliphatic heterocycles. The van der Waals surface area contributed by atoms with E-state index in [9.17, 15) is 4.79 Å². The van der Waals surface area contributed by atoms with Crippen LogP contribution >= 0.6 is 11.8 Å². The van der Waals surface area contributed by atoms with Crippen molar-refractivity contribution in [1.29, 1.82) is 0 Å². The normalized spacial score (nSPS) is 14.9. The maximum atomic E-state index is 12.3. The van der Waals surface area contributed by atoms with Crippen molar-refractivity contribution in [2.45, 2.75) is 36.1 Å². The molecular formula is C21H28N4O2S. The second kappa shape index (κ2) is 10.4. The Bertz CT molecular complexity index is 779. The van der Waals surface area contributed by atoms with Gasteiger partial charge in [0.1, 0.15) is 5.03 Å². The zero-order valence-corrected chi connectivity index (χ0v) is 17.4. The summed E-state index contributed by atoms with van der Waals surface area (Å²) in [4.78, 5) is 24.9. The molecule has 1 aliphatic rings. The van der Waals surface area contributed by atoms with E-state index >= 15 is 0 Å². The van der Waals surface area contributed by atoms with Crippen LogP contribution in [0.4, 0.5) is 5.82 Å². The molecule has 2 aromatic rings. The lowest BCUT2D eigenvalue weighted by atomic mass is 9.96. The van der Waals surface area contributed by atoms with Gasteiger partial charge in [0.15, 0.2) is 5.82 Å². The Morgan fingerprint density at radius 2 is 2.07 bits per heavy atom. The third-order valence-corrected chi connectivity index (χ3v) is 5.81. The second-order valence-corrected chi connectivity index (χ2v) is 8.06. The first kappa shape index (κ1) is 20.6. The maximum Gasteiger partial charge on any atom is 0.223 e. The molecule has 0 saturated carbocycles. The van der Waals surface area contributed by atoms with Gasteiger partial charge in [-0.15, -0.1) is 0 Å². The van der Waals surface area contributed by atoms with Crippen LogP contribution in [0.3, 0.4) is 0 Å². The molecule has 0 spiro atoms. The summed E-state index contributed by atoms with van der Waals surface area (Å²) in [5.41, 5.74) is 1.23. The van der Waals surface area contributed by atoms with Crippen LogP contribution in [0, 0.1) is 12.8 Å². The molecule has 2 heterocycles. The summed E-state index contributed by atoms with van der Waals surface area (Å²) in [6, 6.07) is 8.40. The number of hydrogen-bond acceptors (Lipinski definition) is 6.